The van der Waals surface area contributed by atoms with Crippen molar-refractivity contribution in [3.8, 4) is 0 Å². The van der Waals surface area contributed by atoms with Crippen LogP contribution in [0.5, 0.6) is 0 Å². The lowest BCUT2D eigenvalue weighted by Crippen LogP contribution is -2.31. The maximum atomic E-state index is 12.4. The molecule has 0 spiro atoms. The monoisotopic (exact) mass is 277 g/mol. The second-order valence-corrected chi connectivity index (χ2v) is 4.02. The molecule has 0 atom stereocenters. The molecule has 0 amide bonds. The van der Waals surface area contributed by atoms with Crippen LogP contribution in [0.4, 0.5) is 8.78 Å². The number of aliphatic hydroxyl groups is 1. The molecule has 0 saturated heterocycles. The zero-order valence-electron chi connectivity index (χ0n) is 10.9. The number of ether oxygens (including phenoxy) is 1. The minimum Gasteiger partial charge on any atom is -0.465 e. The molecule has 7 heteroatoms. The second kappa shape index (κ2) is 7.20. The molecule has 0 fully saturated rings. The summed E-state index contributed by atoms with van der Waals surface area (Å²) in [5.41, 5.74) is 0.276. The van der Waals surface area contributed by atoms with Crippen LogP contribution in [-0.4, -0.2) is 49.2 Å². The third-order valence-corrected chi connectivity index (χ3v) is 2.57. The Morgan fingerprint density at radius 2 is 2.26 bits per heavy atom. The summed E-state index contributed by atoms with van der Waals surface area (Å²) in [6.07, 6.45) is -2.50. The molecule has 0 aliphatic rings. The Hall–Kier alpha value is -1.47. The molecule has 1 heterocycles. The quantitative estimate of drug-likeness (QED) is 0.764. The van der Waals surface area contributed by atoms with Gasteiger partial charge < -0.3 is 14.3 Å². The lowest BCUT2D eigenvalue weighted by Gasteiger charge is -2.19. The number of rotatable bonds is 7. The SMILES string of the molecule is COC(=O)c1cc(CN(CCO)CC(F)F)oc1C. The van der Waals surface area contributed by atoms with E-state index in [-0.39, 0.29) is 25.3 Å². The van der Waals surface area contributed by atoms with Gasteiger partial charge in [-0.3, -0.25) is 4.90 Å². The highest BCUT2D eigenvalue weighted by Gasteiger charge is 2.18. The Kier molecular flexibility index (Phi) is 5.91. The smallest absolute Gasteiger partial charge is 0.341 e. The minimum atomic E-state index is -2.50. The molecule has 1 N–H and O–H groups in total. The van der Waals surface area contributed by atoms with Gasteiger partial charge >= 0.3 is 5.97 Å². The molecule has 0 saturated carbocycles. The van der Waals surface area contributed by atoms with Crippen LogP contribution < -0.4 is 0 Å². The van der Waals surface area contributed by atoms with Gasteiger partial charge in [0.2, 0.25) is 0 Å². The number of carbonyl (C=O) groups is 1. The average molecular weight is 277 g/mol. The van der Waals surface area contributed by atoms with Crippen molar-refractivity contribution >= 4 is 5.97 Å². The summed E-state index contributed by atoms with van der Waals surface area (Å²) in [5.74, 6) is 0.227. The molecule has 108 valence electrons. The maximum absolute atomic E-state index is 12.4. The van der Waals surface area contributed by atoms with Crippen LogP contribution in [0.15, 0.2) is 10.5 Å². The summed E-state index contributed by atoms with van der Waals surface area (Å²) in [5, 5.41) is 8.82. The molecule has 0 aliphatic carbocycles. The molecule has 0 aromatic carbocycles. The first kappa shape index (κ1) is 15.6. The number of aliphatic hydroxyl groups excluding tert-OH is 1. The first-order valence-electron chi connectivity index (χ1n) is 5.77. The van der Waals surface area contributed by atoms with Gasteiger partial charge in [-0.1, -0.05) is 0 Å². The van der Waals surface area contributed by atoms with Crippen LogP contribution >= 0.6 is 0 Å². The summed E-state index contributed by atoms with van der Waals surface area (Å²) < 4.78 is 34.6. The number of hydrogen-bond acceptors (Lipinski definition) is 5. The lowest BCUT2D eigenvalue weighted by atomic mass is 10.2. The van der Waals surface area contributed by atoms with E-state index in [1.54, 1.807) is 6.92 Å². The van der Waals surface area contributed by atoms with Gasteiger partial charge in [-0.05, 0) is 13.0 Å². The highest BCUT2D eigenvalue weighted by atomic mass is 19.3. The van der Waals surface area contributed by atoms with Gasteiger partial charge in [-0.25, -0.2) is 13.6 Å². The van der Waals surface area contributed by atoms with Crippen molar-refractivity contribution in [3.05, 3.63) is 23.2 Å². The van der Waals surface area contributed by atoms with Gasteiger partial charge in [0.05, 0.1) is 26.8 Å². The number of esters is 1. The fraction of sp³-hybridized carbons (Fsp3) is 0.583. The molecule has 1 aromatic heterocycles. The van der Waals surface area contributed by atoms with Gasteiger partial charge in [0.15, 0.2) is 0 Å². The Bertz CT molecular complexity index is 420. The average Bonchev–Trinajstić information content (AvgIpc) is 2.68. The lowest BCUT2D eigenvalue weighted by molar-refractivity contribution is 0.0598. The van der Waals surface area contributed by atoms with Gasteiger partial charge in [0.1, 0.15) is 17.1 Å². The van der Waals surface area contributed by atoms with E-state index in [1.165, 1.54) is 18.1 Å². The minimum absolute atomic E-state index is 0.0999. The number of methoxy groups -OCH3 is 1. The molecule has 1 rings (SSSR count). The van der Waals surface area contributed by atoms with Crippen LogP contribution in [-0.2, 0) is 11.3 Å². The topological polar surface area (TPSA) is 62.9 Å². The first-order valence-corrected chi connectivity index (χ1v) is 5.77. The van der Waals surface area contributed by atoms with Crippen molar-refractivity contribution in [3.63, 3.8) is 0 Å². The predicted molar refractivity (Wildman–Crippen MR) is 63.2 cm³/mol. The fourth-order valence-corrected chi connectivity index (χ4v) is 1.73. The van der Waals surface area contributed by atoms with E-state index >= 15 is 0 Å². The number of alkyl halides is 2. The predicted octanol–water partition coefficient (Wildman–Crippen LogP) is 1.43. The Labute approximate surface area is 109 Å². The van der Waals surface area contributed by atoms with Gasteiger partial charge in [-0.15, -0.1) is 0 Å². The standard InChI is InChI=1S/C12H17F2NO4/c1-8-10(12(17)18-2)5-9(19-8)6-15(3-4-16)7-11(13)14/h5,11,16H,3-4,6-7H2,1-2H3. The van der Waals surface area contributed by atoms with Gasteiger partial charge in [0.25, 0.3) is 6.43 Å². The molecule has 1 aromatic rings. The zero-order valence-corrected chi connectivity index (χ0v) is 10.9. The molecular weight excluding hydrogens is 260 g/mol. The van der Waals surface area contributed by atoms with Crippen molar-refractivity contribution in [1.29, 1.82) is 0 Å². The number of halogens is 2. The molecule has 0 unspecified atom stereocenters. The molecule has 5 nitrogen and oxygen atoms in total. The van der Waals surface area contributed by atoms with Crippen LogP contribution in [0.2, 0.25) is 0 Å². The van der Waals surface area contributed by atoms with Crippen LogP contribution in [0, 0.1) is 6.92 Å². The van der Waals surface area contributed by atoms with E-state index in [4.69, 9.17) is 9.52 Å². The van der Waals surface area contributed by atoms with Gasteiger partial charge in [-0.2, -0.15) is 0 Å². The van der Waals surface area contributed by atoms with Crippen molar-refractivity contribution < 1.29 is 27.8 Å². The van der Waals surface area contributed by atoms with Crippen molar-refractivity contribution in [1.82, 2.24) is 4.90 Å². The summed E-state index contributed by atoms with van der Waals surface area (Å²) in [7, 11) is 1.25. The van der Waals surface area contributed by atoms with Gasteiger partial charge in [0, 0.05) is 6.54 Å². The molecule has 0 bridgehead atoms. The maximum Gasteiger partial charge on any atom is 0.341 e. The van der Waals surface area contributed by atoms with Crippen molar-refractivity contribution in [2.24, 2.45) is 0 Å². The van der Waals surface area contributed by atoms with E-state index in [1.807, 2.05) is 0 Å². The largest absolute Gasteiger partial charge is 0.465 e. The van der Waals surface area contributed by atoms with E-state index in [0.717, 1.165) is 0 Å². The second-order valence-electron chi connectivity index (χ2n) is 4.02. The number of carbonyl (C=O) groups excluding carboxylic acids is 1. The first-order chi connectivity index (χ1) is 8.97. The van der Waals surface area contributed by atoms with E-state index < -0.39 is 18.9 Å². The normalized spacial score (nSPS) is 11.3. The van der Waals surface area contributed by atoms with E-state index in [2.05, 4.69) is 4.74 Å². The fourth-order valence-electron chi connectivity index (χ4n) is 1.73. The third-order valence-electron chi connectivity index (χ3n) is 2.57. The highest BCUT2D eigenvalue weighted by molar-refractivity contribution is 5.90. The summed E-state index contributed by atoms with van der Waals surface area (Å²) in [6.45, 7) is 1.11. The molecule has 0 aliphatic heterocycles. The van der Waals surface area contributed by atoms with E-state index in [0.29, 0.717) is 11.5 Å². The summed E-state index contributed by atoms with van der Waals surface area (Å²) in [6, 6.07) is 1.47. The number of furan rings is 1. The number of hydrogen-bond donors (Lipinski definition) is 1. The van der Waals surface area contributed by atoms with Crippen molar-refractivity contribution in [2.75, 3.05) is 26.8 Å². The van der Waals surface area contributed by atoms with Crippen LogP contribution in [0.25, 0.3) is 0 Å². The number of aryl methyl sites for hydroxylation is 1. The highest BCUT2D eigenvalue weighted by Crippen LogP contribution is 2.17. The Balaban J connectivity index is 2.76. The number of nitrogens with zero attached hydrogens (tertiary/aromatic N) is 1. The molecule has 0 radical (unpaired) electrons. The third kappa shape index (κ3) is 4.60. The molecule has 19 heavy (non-hydrogen) atoms. The zero-order chi connectivity index (χ0) is 14.4. The Morgan fingerprint density at radius 3 is 2.79 bits per heavy atom. The Morgan fingerprint density at radius 1 is 1.58 bits per heavy atom. The van der Waals surface area contributed by atoms with Crippen LogP contribution in [0.1, 0.15) is 21.9 Å². The van der Waals surface area contributed by atoms with Crippen molar-refractivity contribution in [2.45, 2.75) is 19.9 Å². The van der Waals surface area contributed by atoms with E-state index in [9.17, 15) is 13.6 Å². The van der Waals surface area contributed by atoms with Crippen LogP contribution in [0.3, 0.4) is 0 Å². The molecular formula is C12H17F2NO4. The summed E-state index contributed by atoms with van der Waals surface area (Å²) >= 11 is 0. The summed E-state index contributed by atoms with van der Waals surface area (Å²) in [4.78, 5) is 12.7.